The van der Waals surface area contributed by atoms with Crippen molar-refractivity contribution < 1.29 is 18.0 Å². The number of hydrogen-bond acceptors (Lipinski definition) is 3. The number of thiocarbonyl (C=S) groups is 1. The molecule has 0 saturated heterocycles. The zero-order chi connectivity index (χ0) is 14.0. The Morgan fingerprint density at radius 1 is 1.26 bits per heavy atom. The van der Waals surface area contributed by atoms with Gasteiger partial charge >= 0.3 is 0 Å². The normalized spacial score (nSPS) is 10.2. The van der Waals surface area contributed by atoms with Crippen molar-refractivity contribution >= 4 is 23.2 Å². The lowest BCUT2D eigenvalue weighted by atomic mass is 10.1. The number of carbonyl (C=O) groups excluding carboxylic acids is 1. The molecule has 0 aliphatic rings. The van der Waals surface area contributed by atoms with E-state index in [9.17, 15) is 13.6 Å². The maximum atomic E-state index is 13.5. The summed E-state index contributed by atoms with van der Waals surface area (Å²) < 4.78 is 31.5. The first-order chi connectivity index (χ1) is 8.97. The van der Waals surface area contributed by atoms with Gasteiger partial charge in [-0.05, 0) is 36.5 Å². The Kier molecular flexibility index (Phi) is 3.57. The molecule has 0 spiro atoms. The zero-order valence-electron chi connectivity index (χ0n) is 9.44. The predicted octanol–water partition coefficient (Wildman–Crippen LogP) is 2.20. The van der Waals surface area contributed by atoms with E-state index in [1.165, 1.54) is 18.2 Å². The molecule has 0 fully saturated rings. The number of halogens is 2. The van der Waals surface area contributed by atoms with E-state index in [1.54, 1.807) is 0 Å². The van der Waals surface area contributed by atoms with Gasteiger partial charge in [0.1, 0.15) is 17.4 Å². The van der Waals surface area contributed by atoms with Crippen molar-refractivity contribution in [3.63, 3.8) is 0 Å². The molecule has 4 nitrogen and oxygen atoms in total. The second-order valence-electron chi connectivity index (χ2n) is 3.61. The van der Waals surface area contributed by atoms with Gasteiger partial charge in [0, 0.05) is 6.07 Å². The molecule has 0 aliphatic heterocycles. The second-order valence-corrected chi connectivity index (χ2v) is 4.05. The van der Waals surface area contributed by atoms with E-state index in [0.29, 0.717) is 0 Å². The molecule has 0 saturated carbocycles. The van der Waals surface area contributed by atoms with E-state index in [2.05, 4.69) is 17.5 Å². The van der Waals surface area contributed by atoms with Crippen LogP contribution in [0.5, 0.6) is 0 Å². The van der Waals surface area contributed by atoms with E-state index in [1.807, 2.05) is 0 Å². The van der Waals surface area contributed by atoms with E-state index in [0.717, 1.165) is 12.1 Å². The Bertz CT molecular complexity index is 655. The zero-order valence-corrected chi connectivity index (χ0v) is 10.3. The van der Waals surface area contributed by atoms with Gasteiger partial charge in [0.05, 0.1) is 5.56 Å². The fourth-order valence-corrected chi connectivity index (χ4v) is 1.56. The van der Waals surface area contributed by atoms with Crippen molar-refractivity contribution in [3.05, 3.63) is 47.7 Å². The number of furan rings is 1. The van der Waals surface area contributed by atoms with Gasteiger partial charge in [0.2, 0.25) is 0 Å². The van der Waals surface area contributed by atoms with Crippen LogP contribution in [-0.2, 0) is 0 Å². The molecule has 3 N–H and O–H groups in total. The first-order valence-corrected chi connectivity index (χ1v) is 5.54. The molecule has 0 aliphatic carbocycles. The molecule has 1 heterocycles. The lowest BCUT2D eigenvalue weighted by molar-refractivity contribution is 0.0951. The quantitative estimate of drug-likeness (QED) is 0.829. The third kappa shape index (κ3) is 2.94. The number of hydrogen-bond donors (Lipinski definition) is 2. The summed E-state index contributed by atoms with van der Waals surface area (Å²) in [5, 5.41) is 1.97. The Balaban J connectivity index is 2.30. The second kappa shape index (κ2) is 5.15. The highest BCUT2D eigenvalue weighted by molar-refractivity contribution is 7.80. The fraction of sp³-hybridized carbons (Fsp3) is 0. The monoisotopic (exact) mass is 282 g/mol. The van der Waals surface area contributed by atoms with Crippen LogP contribution in [-0.4, -0.2) is 11.0 Å². The van der Waals surface area contributed by atoms with Crippen LogP contribution in [0.4, 0.5) is 8.78 Å². The minimum Gasteiger partial charge on any atom is -0.451 e. The molecule has 1 aromatic carbocycles. The third-order valence-corrected chi connectivity index (χ3v) is 2.37. The van der Waals surface area contributed by atoms with Crippen molar-refractivity contribution in [2.45, 2.75) is 0 Å². The molecule has 0 radical (unpaired) electrons. The molecule has 1 aromatic heterocycles. The van der Waals surface area contributed by atoms with Gasteiger partial charge in [-0.1, -0.05) is 0 Å². The maximum Gasteiger partial charge on any atom is 0.293 e. The molecule has 7 heteroatoms. The van der Waals surface area contributed by atoms with Crippen LogP contribution in [0, 0.1) is 11.6 Å². The van der Waals surface area contributed by atoms with Crippen LogP contribution in [0.1, 0.15) is 10.6 Å². The molecule has 2 rings (SSSR count). The summed E-state index contributed by atoms with van der Waals surface area (Å²) in [6, 6.07) is 5.78. The van der Waals surface area contributed by atoms with Crippen LogP contribution < -0.4 is 11.1 Å². The molecule has 0 bridgehead atoms. The highest BCUT2D eigenvalue weighted by Crippen LogP contribution is 2.25. The minimum absolute atomic E-state index is 0.0516. The van der Waals surface area contributed by atoms with E-state index in [-0.39, 0.29) is 22.2 Å². The van der Waals surface area contributed by atoms with Crippen molar-refractivity contribution in [1.29, 1.82) is 0 Å². The Labute approximate surface area is 112 Å². The lowest BCUT2D eigenvalue weighted by Gasteiger charge is -2.00. The van der Waals surface area contributed by atoms with Gasteiger partial charge in [-0.15, -0.1) is 0 Å². The maximum absolute atomic E-state index is 13.5. The Morgan fingerprint density at radius 3 is 2.63 bits per heavy atom. The first kappa shape index (κ1) is 13.2. The molecule has 0 atom stereocenters. The molecular formula is C12H8F2N2O2S. The largest absolute Gasteiger partial charge is 0.451 e. The average molecular weight is 282 g/mol. The minimum atomic E-state index is -0.782. The van der Waals surface area contributed by atoms with Gasteiger partial charge in [0.15, 0.2) is 10.9 Å². The Morgan fingerprint density at radius 2 is 2.00 bits per heavy atom. The highest BCUT2D eigenvalue weighted by Gasteiger charge is 2.15. The number of nitrogens with two attached hydrogens (primary N) is 1. The van der Waals surface area contributed by atoms with Gasteiger partial charge in [-0.3, -0.25) is 10.1 Å². The van der Waals surface area contributed by atoms with Crippen LogP contribution in [0.15, 0.2) is 34.7 Å². The van der Waals surface area contributed by atoms with Crippen molar-refractivity contribution in [2.24, 2.45) is 5.73 Å². The average Bonchev–Trinajstić information content (AvgIpc) is 2.77. The van der Waals surface area contributed by atoms with Crippen molar-refractivity contribution in [2.75, 3.05) is 0 Å². The summed E-state index contributed by atoms with van der Waals surface area (Å²) in [6.07, 6.45) is 0. The number of benzene rings is 1. The molecule has 19 heavy (non-hydrogen) atoms. The Hall–Kier alpha value is -2.28. The summed E-state index contributed by atoms with van der Waals surface area (Å²) in [5.41, 5.74) is 5.20. The fourth-order valence-electron chi connectivity index (χ4n) is 1.47. The van der Waals surface area contributed by atoms with Crippen LogP contribution in [0.25, 0.3) is 11.3 Å². The number of nitrogens with one attached hydrogen (secondary N) is 1. The molecular weight excluding hydrogens is 274 g/mol. The molecule has 98 valence electrons. The van der Waals surface area contributed by atoms with Gasteiger partial charge < -0.3 is 10.2 Å². The molecule has 1 amide bonds. The predicted molar refractivity (Wildman–Crippen MR) is 68.3 cm³/mol. The molecule has 0 unspecified atom stereocenters. The van der Waals surface area contributed by atoms with Crippen LogP contribution >= 0.6 is 12.2 Å². The van der Waals surface area contributed by atoms with Crippen molar-refractivity contribution in [1.82, 2.24) is 5.32 Å². The van der Waals surface area contributed by atoms with E-state index < -0.39 is 17.5 Å². The van der Waals surface area contributed by atoms with Crippen LogP contribution in [0.2, 0.25) is 0 Å². The number of carbonyl (C=O) groups is 1. The summed E-state index contributed by atoms with van der Waals surface area (Å²) >= 11 is 4.51. The number of amides is 1. The molecule has 2 aromatic rings. The van der Waals surface area contributed by atoms with Gasteiger partial charge in [-0.25, -0.2) is 8.78 Å². The SMILES string of the molecule is NC(=S)NC(=O)c1ccc(-c2ccc(F)cc2F)o1. The topological polar surface area (TPSA) is 68.3 Å². The standard InChI is InChI=1S/C12H8F2N2O2S/c13-6-1-2-7(8(14)5-6)9-3-4-10(18-9)11(17)16-12(15)19/h1-5H,(H3,15,16,17,19). The van der Waals surface area contributed by atoms with Gasteiger partial charge in [-0.2, -0.15) is 0 Å². The van der Waals surface area contributed by atoms with E-state index >= 15 is 0 Å². The van der Waals surface area contributed by atoms with Crippen molar-refractivity contribution in [3.8, 4) is 11.3 Å². The summed E-state index contributed by atoms with van der Waals surface area (Å²) in [4.78, 5) is 11.5. The smallest absolute Gasteiger partial charge is 0.293 e. The summed E-state index contributed by atoms with van der Waals surface area (Å²) in [5.74, 6) is -2.09. The van der Waals surface area contributed by atoms with Crippen LogP contribution in [0.3, 0.4) is 0 Å². The number of rotatable bonds is 2. The summed E-state index contributed by atoms with van der Waals surface area (Å²) in [6.45, 7) is 0. The first-order valence-electron chi connectivity index (χ1n) is 5.13. The lowest BCUT2D eigenvalue weighted by Crippen LogP contribution is -2.34. The highest BCUT2D eigenvalue weighted by atomic mass is 32.1. The summed E-state index contributed by atoms with van der Waals surface area (Å²) in [7, 11) is 0. The van der Waals surface area contributed by atoms with Gasteiger partial charge in [0.25, 0.3) is 5.91 Å². The third-order valence-electron chi connectivity index (χ3n) is 2.26. The van der Waals surface area contributed by atoms with E-state index in [4.69, 9.17) is 10.2 Å².